The largest absolute Gasteiger partial charge is 0.374 e. The summed E-state index contributed by atoms with van der Waals surface area (Å²) in [6, 6.07) is 45.8. The molecule has 0 unspecified atom stereocenters. The molecular formula is C42H39NO8. The van der Waals surface area contributed by atoms with Crippen molar-refractivity contribution in [3.63, 3.8) is 0 Å². The van der Waals surface area contributed by atoms with E-state index in [1.165, 1.54) is 0 Å². The number of amides is 2. The number of hydrogen-bond acceptors (Lipinski definition) is 8. The zero-order chi connectivity index (χ0) is 34.8. The molecule has 0 radical (unpaired) electrons. The summed E-state index contributed by atoms with van der Waals surface area (Å²) in [5, 5.41) is 0.759. The van der Waals surface area contributed by atoms with E-state index in [1.807, 2.05) is 121 Å². The van der Waals surface area contributed by atoms with Crippen molar-refractivity contribution in [3.8, 4) is 0 Å². The van der Waals surface area contributed by atoms with E-state index in [0.29, 0.717) is 6.61 Å². The molecule has 0 spiro atoms. The smallest absolute Gasteiger partial charge is 0.285 e. The fourth-order valence-electron chi connectivity index (χ4n) is 6.20. The SMILES string of the molecule is O=C1c2ccccc2C(=O)N1O[C@H]1O[C@H](COCc2ccccc2)[C@H](OCc2ccccc2)[C@H](OCc2ccccc2)[C@H]1OCc1ccccc1. The molecule has 9 heteroatoms. The van der Waals surface area contributed by atoms with Crippen molar-refractivity contribution in [2.45, 2.75) is 57.1 Å². The number of benzene rings is 5. The van der Waals surface area contributed by atoms with Gasteiger partial charge in [-0.3, -0.25) is 9.59 Å². The van der Waals surface area contributed by atoms with Crippen LogP contribution < -0.4 is 0 Å². The number of rotatable bonds is 15. The van der Waals surface area contributed by atoms with Gasteiger partial charge in [0.05, 0.1) is 44.2 Å². The Morgan fingerprint density at radius 3 is 1.33 bits per heavy atom. The standard InChI is InChI=1S/C42H39NO8/c44-40-34-23-13-14-24-35(34)41(45)43(40)51-42-39(49-28-33-21-11-4-12-22-33)38(48-27-32-19-9-3-10-20-32)37(47-26-31-17-7-2-8-18-31)36(50-42)29-46-25-30-15-5-1-6-16-30/h1-24,36-39,42H,25-29H2/t36-,37+,38+,39-,42-/m1/s1. The summed E-state index contributed by atoms with van der Waals surface area (Å²) in [4.78, 5) is 33.2. The molecule has 1 saturated heterocycles. The molecule has 5 aromatic carbocycles. The maximum atomic E-state index is 13.5. The summed E-state index contributed by atoms with van der Waals surface area (Å²) in [6.45, 7) is 1.12. The summed E-state index contributed by atoms with van der Waals surface area (Å²) in [5.41, 5.74) is 4.33. The topological polar surface area (TPSA) is 92.8 Å². The number of carbonyl (C=O) groups is 2. The average Bonchev–Trinajstić information content (AvgIpc) is 3.42. The fourth-order valence-corrected chi connectivity index (χ4v) is 6.20. The molecule has 2 aliphatic heterocycles. The van der Waals surface area contributed by atoms with Gasteiger partial charge in [-0.2, -0.15) is 0 Å². The molecule has 9 nitrogen and oxygen atoms in total. The minimum absolute atomic E-state index is 0.104. The molecule has 0 N–H and O–H groups in total. The predicted octanol–water partition coefficient (Wildman–Crippen LogP) is 6.91. The van der Waals surface area contributed by atoms with Crippen LogP contribution in [0.5, 0.6) is 0 Å². The van der Waals surface area contributed by atoms with Gasteiger partial charge in [0.2, 0.25) is 6.29 Å². The van der Waals surface area contributed by atoms with Crippen molar-refractivity contribution in [1.29, 1.82) is 0 Å². The van der Waals surface area contributed by atoms with Gasteiger partial charge in [-0.25, -0.2) is 4.84 Å². The van der Waals surface area contributed by atoms with E-state index in [0.717, 1.165) is 27.3 Å². The number of hydrogen-bond donors (Lipinski definition) is 0. The lowest BCUT2D eigenvalue weighted by Crippen LogP contribution is -2.62. The quantitative estimate of drug-likeness (QED) is 0.110. The van der Waals surface area contributed by atoms with Crippen molar-refractivity contribution in [2.24, 2.45) is 0 Å². The van der Waals surface area contributed by atoms with Crippen molar-refractivity contribution in [1.82, 2.24) is 5.06 Å². The van der Waals surface area contributed by atoms with E-state index in [1.54, 1.807) is 24.3 Å². The summed E-state index contributed by atoms with van der Waals surface area (Å²) < 4.78 is 32.9. The zero-order valence-electron chi connectivity index (χ0n) is 28.0. The molecule has 7 rings (SSSR count). The zero-order valence-corrected chi connectivity index (χ0v) is 28.0. The maximum Gasteiger partial charge on any atom is 0.285 e. The van der Waals surface area contributed by atoms with Crippen molar-refractivity contribution in [2.75, 3.05) is 6.61 Å². The fraction of sp³-hybridized carbons (Fsp3) is 0.238. The van der Waals surface area contributed by atoms with Gasteiger partial charge in [-0.15, -0.1) is 5.06 Å². The highest BCUT2D eigenvalue weighted by molar-refractivity contribution is 6.20. The number of imide groups is 1. The number of hydroxylamine groups is 2. The van der Waals surface area contributed by atoms with Gasteiger partial charge >= 0.3 is 0 Å². The monoisotopic (exact) mass is 685 g/mol. The lowest BCUT2D eigenvalue weighted by Gasteiger charge is -2.46. The van der Waals surface area contributed by atoms with Crippen LogP contribution in [-0.4, -0.2) is 54.2 Å². The minimum Gasteiger partial charge on any atom is -0.374 e. The second-order valence-electron chi connectivity index (χ2n) is 12.4. The predicted molar refractivity (Wildman–Crippen MR) is 188 cm³/mol. The van der Waals surface area contributed by atoms with Crippen LogP contribution in [-0.2, 0) is 54.9 Å². The van der Waals surface area contributed by atoms with E-state index in [4.69, 9.17) is 28.5 Å². The number of nitrogens with zero attached hydrogens (tertiary/aromatic N) is 1. The molecule has 5 atom stereocenters. The lowest BCUT2D eigenvalue weighted by molar-refractivity contribution is -0.358. The summed E-state index contributed by atoms with van der Waals surface area (Å²) >= 11 is 0. The molecule has 1 fully saturated rings. The van der Waals surface area contributed by atoms with Crippen LogP contribution in [0.25, 0.3) is 0 Å². The molecule has 51 heavy (non-hydrogen) atoms. The highest BCUT2D eigenvalue weighted by Crippen LogP contribution is 2.34. The molecule has 0 bridgehead atoms. The summed E-state index contributed by atoms with van der Waals surface area (Å²) in [7, 11) is 0. The van der Waals surface area contributed by atoms with E-state index >= 15 is 0 Å². The molecule has 260 valence electrons. The molecule has 2 heterocycles. The number of carbonyl (C=O) groups excluding carboxylic acids is 2. The second kappa shape index (κ2) is 16.8. The summed E-state index contributed by atoms with van der Waals surface area (Å²) in [5.74, 6) is -1.16. The maximum absolute atomic E-state index is 13.5. The molecule has 0 aliphatic carbocycles. The molecular weight excluding hydrogens is 646 g/mol. The molecule has 2 aliphatic rings. The Morgan fingerprint density at radius 1 is 0.471 bits per heavy atom. The van der Waals surface area contributed by atoms with Gasteiger partial charge < -0.3 is 23.7 Å². The van der Waals surface area contributed by atoms with Gasteiger partial charge in [-0.05, 0) is 34.4 Å². The Labute approximate surface area is 297 Å². The van der Waals surface area contributed by atoms with E-state index in [2.05, 4.69) is 0 Å². The third-order valence-corrected chi connectivity index (χ3v) is 8.81. The van der Waals surface area contributed by atoms with Crippen LogP contribution in [0.2, 0.25) is 0 Å². The Hall–Kier alpha value is -5.00. The van der Waals surface area contributed by atoms with Crippen molar-refractivity contribution >= 4 is 11.8 Å². The Balaban J connectivity index is 1.22. The highest BCUT2D eigenvalue weighted by atomic mass is 16.8. The van der Waals surface area contributed by atoms with Gasteiger partial charge in [0.1, 0.15) is 24.4 Å². The first-order valence-electron chi connectivity index (χ1n) is 17.0. The minimum atomic E-state index is -1.25. The Morgan fingerprint density at radius 2 is 0.863 bits per heavy atom. The molecule has 0 aromatic heterocycles. The first-order chi connectivity index (χ1) is 25.1. The number of ether oxygens (including phenoxy) is 5. The Bertz CT molecular complexity index is 1820. The van der Waals surface area contributed by atoms with Gasteiger partial charge in [0.15, 0.2) is 0 Å². The van der Waals surface area contributed by atoms with Gasteiger partial charge in [-0.1, -0.05) is 133 Å². The van der Waals surface area contributed by atoms with Gasteiger partial charge in [0.25, 0.3) is 11.8 Å². The third kappa shape index (κ3) is 8.49. The van der Waals surface area contributed by atoms with E-state index in [-0.39, 0.29) is 37.6 Å². The lowest BCUT2D eigenvalue weighted by atomic mass is 9.98. The van der Waals surface area contributed by atoms with Crippen LogP contribution in [0.3, 0.4) is 0 Å². The second-order valence-corrected chi connectivity index (χ2v) is 12.4. The molecule has 5 aromatic rings. The van der Waals surface area contributed by atoms with Crippen LogP contribution in [0, 0.1) is 0 Å². The van der Waals surface area contributed by atoms with E-state index in [9.17, 15) is 9.59 Å². The average molecular weight is 686 g/mol. The summed E-state index contributed by atoms with van der Waals surface area (Å²) in [6.07, 6.45) is -4.41. The number of fused-ring (bicyclic) bond motifs is 1. The molecule has 0 saturated carbocycles. The van der Waals surface area contributed by atoms with Crippen LogP contribution in [0.4, 0.5) is 0 Å². The van der Waals surface area contributed by atoms with Crippen LogP contribution in [0.1, 0.15) is 43.0 Å². The third-order valence-electron chi connectivity index (χ3n) is 8.81. The normalized spacial score (nSPS) is 21.5. The van der Waals surface area contributed by atoms with Gasteiger partial charge in [0, 0.05) is 0 Å². The first kappa shape index (κ1) is 34.4. The van der Waals surface area contributed by atoms with Crippen molar-refractivity contribution < 1.29 is 38.1 Å². The van der Waals surface area contributed by atoms with Crippen LogP contribution in [0.15, 0.2) is 146 Å². The van der Waals surface area contributed by atoms with E-state index < -0.39 is 42.5 Å². The first-order valence-corrected chi connectivity index (χ1v) is 17.0. The molecule has 2 amide bonds. The highest BCUT2D eigenvalue weighted by Gasteiger charge is 2.51. The Kier molecular flexibility index (Phi) is 11.4. The van der Waals surface area contributed by atoms with Crippen molar-refractivity contribution in [3.05, 3.63) is 179 Å². The van der Waals surface area contributed by atoms with Crippen LogP contribution >= 0.6 is 0 Å².